The number of hydrogen-bond donors (Lipinski definition) is 3. The molecule has 2 aromatic carbocycles. The van der Waals surface area contributed by atoms with Crippen LogP contribution in [0.1, 0.15) is 10.4 Å². The minimum atomic E-state index is -4.19. The van der Waals surface area contributed by atoms with Gasteiger partial charge in [0.2, 0.25) is 10.0 Å². The Morgan fingerprint density at radius 3 is 2.16 bits per heavy atom. The normalized spacial score (nSPS) is 11.8. The van der Waals surface area contributed by atoms with Crippen molar-refractivity contribution in [2.24, 2.45) is 5.14 Å². The first-order valence-corrected chi connectivity index (χ1v) is 9.75. The third-order valence-electron chi connectivity index (χ3n) is 3.10. The number of hydrazine groups is 1. The highest BCUT2D eigenvalue weighted by Gasteiger charge is 2.18. The Labute approximate surface area is 144 Å². The Bertz CT molecular complexity index is 985. The highest BCUT2D eigenvalue weighted by atomic mass is 32.2. The Morgan fingerprint density at radius 1 is 1.00 bits per heavy atom. The molecule has 0 radical (unpaired) electrons. The van der Waals surface area contributed by atoms with Crippen LogP contribution in [-0.2, 0) is 20.0 Å². The summed E-state index contributed by atoms with van der Waals surface area (Å²) in [6.07, 6.45) is 0. The van der Waals surface area contributed by atoms with Gasteiger partial charge in [-0.05, 0) is 42.5 Å². The van der Waals surface area contributed by atoms with Crippen molar-refractivity contribution >= 4 is 26.0 Å². The Balaban J connectivity index is 2.14. The molecule has 25 heavy (non-hydrogen) atoms. The highest BCUT2D eigenvalue weighted by molar-refractivity contribution is 7.90. The molecule has 0 aliphatic carbocycles. The van der Waals surface area contributed by atoms with Crippen molar-refractivity contribution in [1.29, 1.82) is 0 Å². The molecule has 0 fully saturated rings. The van der Waals surface area contributed by atoms with E-state index in [1.165, 1.54) is 25.3 Å². The second-order valence-electron chi connectivity index (χ2n) is 4.81. The predicted octanol–water partition coefficient (Wildman–Crippen LogP) is -0.0341. The van der Waals surface area contributed by atoms with Crippen LogP contribution in [0, 0.1) is 0 Å². The van der Waals surface area contributed by atoms with Gasteiger partial charge in [-0.2, -0.15) is 0 Å². The van der Waals surface area contributed by atoms with Crippen LogP contribution < -0.4 is 20.1 Å². The van der Waals surface area contributed by atoms with E-state index in [1.54, 1.807) is 12.1 Å². The third kappa shape index (κ3) is 4.76. The third-order valence-corrected chi connectivity index (χ3v) is 5.25. The summed E-state index contributed by atoms with van der Waals surface area (Å²) in [4.78, 5) is 13.1. The van der Waals surface area contributed by atoms with Gasteiger partial charge in [-0.3, -0.25) is 10.2 Å². The highest BCUT2D eigenvalue weighted by Crippen LogP contribution is 2.14. The summed E-state index contributed by atoms with van der Waals surface area (Å²) < 4.78 is 51.9. The number of primary sulfonamides is 1. The van der Waals surface area contributed by atoms with Crippen LogP contribution in [0.4, 0.5) is 0 Å². The molecule has 2 aromatic rings. The van der Waals surface area contributed by atoms with Gasteiger partial charge in [0.05, 0.1) is 16.9 Å². The molecule has 0 spiro atoms. The first kappa shape index (κ1) is 18.9. The molecule has 0 aliphatic rings. The van der Waals surface area contributed by atoms with E-state index in [9.17, 15) is 21.6 Å². The van der Waals surface area contributed by atoms with Crippen LogP contribution in [0.25, 0.3) is 0 Å². The lowest BCUT2D eigenvalue weighted by Gasteiger charge is -2.09. The molecule has 0 bridgehead atoms. The lowest BCUT2D eigenvalue weighted by molar-refractivity contribution is 0.0945. The molecule has 0 unspecified atom stereocenters. The summed E-state index contributed by atoms with van der Waals surface area (Å²) in [6, 6.07) is 10.4. The minimum absolute atomic E-state index is 0.196. The van der Waals surface area contributed by atoms with Crippen molar-refractivity contribution < 1.29 is 26.4 Å². The van der Waals surface area contributed by atoms with Gasteiger partial charge < -0.3 is 4.74 Å². The van der Waals surface area contributed by atoms with Crippen molar-refractivity contribution in [2.75, 3.05) is 7.11 Å². The van der Waals surface area contributed by atoms with Gasteiger partial charge in [-0.15, -0.1) is 4.83 Å². The van der Waals surface area contributed by atoms with Crippen LogP contribution in [0.2, 0.25) is 0 Å². The zero-order valence-corrected chi connectivity index (χ0v) is 14.6. The van der Waals surface area contributed by atoms with Crippen LogP contribution >= 0.6 is 0 Å². The summed E-state index contributed by atoms with van der Waals surface area (Å²) in [5, 5.41) is 4.97. The molecule has 0 atom stereocenters. The SMILES string of the molecule is COc1ccc(C(=O)NNS(=O)(=O)c2cccc(S(N)(=O)=O)c2)cc1. The van der Waals surface area contributed by atoms with Crippen molar-refractivity contribution in [3.8, 4) is 5.75 Å². The van der Waals surface area contributed by atoms with Gasteiger partial charge in [0.1, 0.15) is 5.75 Å². The van der Waals surface area contributed by atoms with E-state index < -0.39 is 26.0 Å². The van der Waals surface area contributed by atoms with Gasteiger partial charge in [0.25, 0.3) is 15.9 Å². The largest absolute Gasteiger partial charge is 0.497 e. The summed E-state index contributed by atoms with van der Waals surface area (Å²) in [5.74, 6) is -0.161. The number of nitrogens with one attached hydrogen (secondary N) is 2. The number of nitrogens with two attached hydrogens (primary N) is 1. The monoisotopic (exact) mass is 385 g/mol. The van der Waals surface area contributed by atoms with E-state index >= 15 is 0 Å². The standard InChI is InChI=1S/C14H15N3O6S2/c1-23-11-7-5-10(6-8-11)14(18)16-17-25(21,22)13-4-2-3-12(9-13)24(15,19)20/h2-9,17H,1H3,(H,16,18)(H2,15,19,20). The molecule has 0 saturated carbocycles. The van der Waals surface area contributed by atoms with Gasteiger partial charge in [-0.1, -0.05) is 6.07 Å². The topological polar surface area (TPSA) is 145 Å². The van der Waals surface area contributed by atoms with Crippen molar-refractivity contribution in [3.05, 3.63) is 54.1 Å². The molecule has 0 saturated heterocycles. The average Bonchev–Trinajstić information content (AvgIpc) is 2.59. The summed E-state index contributed by atoms with van der Waals surface area (Å²) in [5.41, 5.74) is 2.23. The second-order valence-corrected chi connectivity index (χ2v) is 8.05. The zero-order chi connectivity index (χ0) is 18.7. The molecule has 0 heterocycles. The molecule has 0 aromatic heterocycles. The summed E-state index contributed by atoms with van der Waals surface area (Å²) >= 11 is 0. The lowest BCUT2D eigenvalue weighted by Crippen LogP contribution is -2.41. The molecule has 2 rings (SSSR count). The maximum atomic E-state index is 12.2. The molecular weight excluding hydrogens is 370 g/mol. The molecule has 9 nitrogen and oxygen atoms in total. The fourth-order valence-corrected chi connectivity index (χ4v) is 3.32. The Morgan fingerprint density at radius 2 is 1.60 bits per heavy atom. The predicted molar refractivity (Wildman–Crippen MR) is 88.6 cm³/mol. The summed E-state index contributed by atoms with van der Waals surface area (Å²) in [6.45, 7) is 0. The number of methoxy groups -OCH3 is 1. The molecular formula is C14H15N3O6S2. The fraction of sp³-hybridized carbons (Fsp3) is 0.0714. The number of sulfonamides is 2. The van der Waals surface area contributed by atoms with Gasteiger partial charge in [0, 0.05) is 5.56 Å². The van der Waals surface area contributed by atoms with Crippen LogP contribution in [0.3, 0.4) is 0 Å². The number of amides is 1. The van der Waals surface area contributed by atoms with Crippen LogP contribution in [0.15, 0.2) is 58.3 Å². The van der Waals surface area contributed by atoms with E-state index in [1.807, 2.05) is 10.3 Å². The number of ether oxygens (including phenoxy) is 1. The molecule has 11 heteroatoms. The number of hydrogen-bond acceptors (Lipinski definition) is 6. The number of rotatable bonds is 6. The van der Waals surface area contributed by atoms with Gasteiger partial charge in [-0.25, -0.2) is 22.0 Å². The Hall–Kier alpha value is -2.47. The van der Waals surface area contributed by atoms with Gasteiger partial charge >= 0.3 is 0 Å². The molecule has 0 aliphatic heterocycles. The smallest absolute Gasteiger partial charge is 0.266 e. The number of carbonyl (C=O) groups is 1. The Kier molecular flexibility index (Phi) is 5.42. The van der Waals surface area contributed by atoms with Crippen molar-refractivity contribution in [1.82, 2.24) is 10.3 Å². The van der Waals surface area contributed by atoms with Crippen LogP contribution in [-0.4, -0.2) is 29.9 Å². The minimum Gasteiger partial charge on any atom is -0.497 e. The first-order valence-electron chi connectivity index (χ1n) is 6.72. The summed E-state index contributed by atoms with van der Waals surface area (Å²) in [7, 11) is -6.77. The first-order chi connectivity index (χ1) is 11.6. The van der Waals surface area contributed by atoms with E-state index in [0.29, 0.717) is 5.75 Å². The van der Waals surface area contributed by atoms with E-state index in [0.717, 1.165) is 18.2 Å². The fourth-order valence-electron chi connectivity index (χ4n) is 1.81. The molecule has 1 amide bonds. The maximum absolute atomic E-state index is 12.2. The van der Waals surface area contributed by atoms with E-state index in [2.05, 4.69) is 0 Å². The maximum Gasteiger partial charge on any atom is 0.266 e. The lowest BCUT2D eigenvalue weighted by atomic mass is 10.2. The van der Waals surface area contributed by atoms with Crippen molar-refractivity contribution in [3.63, 3.8) is 0 Å². The average molecular weight is 385 g/mol. The van der Waals surface area contributed by atoms with E-state index in [4.69, 9.17) is 9.88 Å². The van der Waals surface area contributed by atoms with Gasteiger partial charge in [0.15, 0.2) is 0 Å². The number of carbonyl (C=O) groups excluding carboxylic acids is 1. The molecule has 134 valence electrons. The molecule has 4 N–H and O–H groups in total. The quantitative estimate of drug-likeness (QED) is 0.595. The zero-order valence-electron chi connectivity index (χ0n) is 13.0. The number of benzene rings is 2. The second kappa shape index (κ2) is 7.19. The van der Waals surface area contributed by atoms with Crippen molar-refractivity contribution in [2.45, 2.75) is 9.79 Å². The van der Waals surface area contributed by atoms with E-state index in [-0.39, 0.29) is 15.4 Å². The van der Waals surface area contributed by atoms with Crippen LogP contribution in [0.5, 0.6) is 5.75 Å².